The number of esters is 1. The zero-order valence-electron chi connectivity index (χ0n) is 12.9. The van der Waals surface area contributed by atoms with E-state index in [2.05, 4.69) is 19.2 Å². The Morgan fingerprint density at radius 1 is 1.36 bits per heavy atom. The molecule has 0 unspecified atom stereocenters. The van der Waals surface area contributed by atoms with Crippen LogP contribution in [0.5, 0.6) is 11.5 Å². The van der Waals surface area contributed by atoms with Gasteiger partial charge < -0.3 is 19.3 Å². The van der Waals surface area contributed by atoms with Crippen LogP contribution >= 0.6 is 0 Å². The van der Waals surface area contributed by atoms with Gasteiger partial charge >= 0.3 is 21.6 Å². The van der Waals surface area contributed by atoms with E-state index in [1.165, 1.54) is 0 Å². The van der Waals surface area contributed by atoms with Crippen LogP contribution < -0.4 is 9.50 Å². The van der Waals surface area contributed by atoms with Gasteiger partial charge in [0, 0.05) is 5.56 Å². The molecule has 0 saturated heterocycles. The Morgan fingerprint density at radius 3 is 2.48 bits per heavy atom. The predicted octanol–water partition coefficient (Wildman–Crippen LogP) is 0.617. The molecule has 0 aromatic carbocycles. The van der Waals surface area contributed by atoms with E-state index in [1.54, 1.807) is 6.92 Å². The lowest BCUT2D eigenvalue weighted by Gasteiger charge is -2.13. The van der Waals surface area contributed by atoms with Crippen molar-refractivity contribution in [2.24, 2.45) is 0 Å². The first kappa shape index (κ1) is 20.5. The SMILES string of the molecule is CCOC(=O)CNC(=O)c1ncc(OS(=O)(=O)C(F)(F)F)c(C)c1O. The molecule has 0 aliphatic carbocycles. The van der Waals surface area contributed by atoms with Crippen molar-refractivity contribution in [3.8, 4) is 11.5 Å². The summed E-state index contributed by atoms with van der Waals surface area (Å²) in [6, 6.07) is 0. The summed E-state index contributed by atoms with van der Waals surface area (Å²) in [5.41, 5.74) is -6.78. The Bertz CT molecular complexity index is 778. The van der Waals surface area contributed by atoms with Gasteiger partial charge in [0.15, 0.2) is 17.2 Å². The number of nitrogens with one attached hydrogen (secondary N) is 1. The smallest absolute Gasteiger partial charge is 0.505 e. The highest BCUT2D eigenvalue weighted by atomic mass is 32.2. The molecule has 9 nitrogen and oxygen atoms in total. The van der Waals surface area contributed by atoms with Gasteiger partial charge in [0.25, 0.3) is 5.91 Å². The largest absolute Gasteiger partial charge is 0.534 e. The molecular weight excluding hydrogens is 373 g/mol. The first-order valence-corrected chi connectivity index (χ1v) is 7.94. The molecule has 0 saturated carbocycles. The molecule has 0 radical (unpaired) electrons. The molecule has 0 bridgehead atoms. The molecule has 0 spiro atoms. The third-order valence-electron chi connectivity index (χ3n) is 2.66. The first-order chi connectivity index (χ1) is 11.4. The number of halogens is 3. The number of carbonyl (C=O) groups excluding carboxylic acids is 2. The summed E-state index contributed by atoms with van der Waals surface area (Å²) in [5.74, 6) is -3.60. The molecule has 25 heavy (non-hydrogen) atoms. The summed E-state index contributed by atoms with van der Waals surface area (Å²) < 4.78 is 67.2. The Balaban J connectivity index is 3.00. The van der Waals surface area contributed by atoms with Gasteiger partial charge in [0.1, 0.15) is 6.54 Å². The number of ether oxygens (including phenoxy) is 1. The third kappa shape index (κ3) is 4.95. The van der Waals surface area contributed by atoms with Gasteiger partial charge in [0.2, 0.25) is 0 Å². The van der Waals surface area contributed by atoms with Crippen LogP contribution in [0.3, 0.4) is 0 Å². The van der Waals surface area contributed by atoms with Crippen LogP contribution in [0.25, 0.3) is 0 Å². The number of aromatic nitrogens is 1. The average Bonchev–Trinajstić information content (AvgIpc) is 2.48. The number of amides is 1. The highest BCUT2D eigenvalue weighted by Gasteiger charge is 2.49. The van der Waals surface area contributed by atoms with Crippen LogP contribution in [-0.4, -0.2) is 49.0 Å². The fourth-order valence-corrected chi connectivity index (χ4v) is 1.94. The zero-order valence-corrected chi connectivity index (χ0v) is 13.7. The van der Waals surface area contributed by atoms with Gasteiger partial charge in [-0.25, -0.2) is 4.98 Å². The van der Waals surface area contributed by atoms with E-state index < -0.39 is 56.8 Å². The van der Waals surface area contributed by atoms with Crippen LogP contribution in [0, 0.1) is 6.92 Å². The van der Waals surface area contributed by atoms with Gasteiger partial charge in [-0.15, -0.1) is 0 Å². The molecule has 1 aromatic heterocycles. The molecule has 140 valence electrons. The van der Waals surface area contributed by atoms with Crippen LogP contribution in [0.1, 0.15) is 23.0 Å². The average molecular weight is 386 g/mol. The van der Waals surface area contributed by atoms with E-state index in [0.29, 0.717) is 6.20 Å². The normalized spacial score (nSPS) is 11.7. The molecule has 1 amide bonds. The van der Waals surface area contributed by atoms with Crippen molar-refractivity contribution in [1.29, 1.82) is 0 Å². The van der Waals surface area contributed by atoms with Crippen LogP contribution in [0.15, 0.2) is 6.20 Å². The number of nitrogens with zero attached hydrogens (tertiary/aromatic N) is 1. The van der Waals surface area contributed by atoms with Crippen LogP contribution in [0.4, 0.5) is 13.2 Å². The molecule has 1 heterocycles. The van der Waals surface area contributed by atoms with Crippen molar-refractivity contribution in [2.45, 2.75) is 19.4 Å². The van der Waals surface area contributed by atoms with Gasteiger partial charge in [0.05, 0.1) is 12.8 Å². The van der Waals surface area contributed by atoms with Crippen molar-refractivity contribution in [2.75, 3.05) is 13.2 Å². The van der Waals surface area contributed by atoms with Crippen molar-refractivity contribution in [3.63, 3.8) is 0 Å². The molecule has 1 aromatic rings. The Labute approximate surface area is 139 Å². The summed E-state index contributed by atoms with van der Waals surface area (Å²) in [5, 5.41) is 11.9. The molecule has 13 heteroatoms. The third-order valence-corrected chi connectivity index (χ3v) is 3.62. The summed E-state index contributed by atoms with van der Waals surface area (Å²) in [6.45, 7) is 2.11. The summed E-state index contributed by atoms with van der Waals surface area (Å²) in [4.78, 5) is 26.3. The number of aromatic hydroxyl groups is 1. The molecule has 0 atom stereocenters. The molecule has 1 rings (SSSR count). The second-order valence-corrected chi connectivity index (χ2v) is 5.95. The molecule has 0 fully saturated rings. The van der Waals surface area contributed by atoms with E-state index in [0.717, 1.165) is 6.92 Å². The Morgan fingerprint density at radius 2 is 1.96 bits per heavy atom. The minimum Gasteiger partial charge on any atom is -0.505 e. The van der Waals surface area contributed by atoms with E-state index >= 15 is 0 Å². The number of hydrogen-bond acceptors (Lipinski definition) is 8. The lowest BCUT2D eigenvalue weighted by Crippen LogP contribution is -2.31. The number of pyridine rings is 1. The maximum atomic E-state index is 12.3. The zero-order chi connectivity index (χ0) is 19.4. The van der Waals surface area contributed by atoms with Crippen LogP contribution in [0.2, 0.25) is 0 Å². The lowest BCUT2D eigenvalue weighted by molar-refractivity contribution is -0.141. The van der Waals surface area contributed by atoms with Crippen molar-refractivity contribution in [1.82, 2.24) is 10.3 Å². The minimum atomic E-state index is -5.96. The summed E-state index contributed by atoms with van der Waals surface area (Å²) in [6.07, 6.45) is 0.525. The van der Waals surface area contributed by atoms with Gasteiger partial charge in [-0.05, 0) is 13.8 Å². The molecular formula is C12H13F3N2O7S. The number of rotatable bonds is 6. The Kier molecular flexibility index (Phi) is 6.18. The topological polar surface area (TPSA) is 132 Å². The second kappa shape index (κ2) is 7.55. The Hall–Kier alpha value is -2.57. The lowest BCUT2D eigenvalue weighted by atomic mass is 10.2. The van der Waals surface area contributed by atoms with E-state index in [9.17, 15) is 36.3 Å². The number of carbonyl (C=O) groups is 2. The quantitative estimate of drug-likeness (QED) is 0.413. The predicted molar refractivity (Wildman–Crippen MR) is 75.2 cm³/mol. The monoisotopic (exact) mass is 386 g/mol. The number of alkyl halides is 3. The van der Waals surface area contributed by atoms with Crippen molar-refractivity contribution < 1.29 is 45.2 Å². The van der Waals surface area contributed by atoms with E-state index in [4.69, 9.17) is 0 Å². The first-order valence-electron chi connectivity index (χ1n) is 6.53. The molecule has 0 aliphatic heterocycles. The number of hydrogen-bond donors (Lipinski definition) is 2. The molecule has 0 aliphatic rings. The standard InChI is InChI=1S/C12H13F3N2O7S/c1-3-23-8(18)5-17-11(20)9-10(19)6(2)7(4-16-9)24-25(21,22)12(13,14)15/h4,19H,3,5H2,1-2H3,(H,17,20). The fraction of sp³-hybridized carbons (Fsp3) is 0.417. The van der Waals surface area contributed by atoms with E-state index in [-0.39, 0.29) is 6.61 Å². The van der Waals surface area contributed by atoms with Crippen molar-refractivity contribution >= 4 is 22.0 Å². The molecule has 2 N–H and O–H groups in total. The highest BCUT2D eigenvalue weighted by Crippen LogP contribution is 2.33. The maximum Gasteiger partial charge on any atom is 0.534 e. The highest BCUT2D eigenvalue weighted by molar-refractivity contribution is 7.88. The van der Waals surface area contributed by atoms with Gasteiger partial charge in [-0.1, -0.05) is 0 Å². The summed E-state index contributed by atoms with van der Waals surface area (Å²) in [7, 11) is -5.96. The van der Waals surface area contributed by atoms with Gasteiger partial charge in [-0.2, -0.15) is 21.6 Å². The summed E-state index contributed by atoms with van der Waals surface area (Å²) >= 11 is 0. The van der Waals surface area contributed by atoms with E-state index in [1.807, 2.05) is 0 Å². The van der Waals surface area contributed by atoms with Crippen molar-refractivity contribution in [3.05, 3.63) is 17.5 Å². The maximum absolute atomic E-state index is 12.3. The van der Waals surface area contributed by atoms with Crippen LogP contribution in [-0.2, 0) is 19.6 Å². The minimum absolute atomic E-state index is 0.0804. The van der Waals surface area contributed by atoms with Gasteiger partial charge in [-0.3, -0.25) is 9.59 Å². The second-order valence-electron chi connectivity index (χ2n) is 4.42. The fourth-order valence-electron chi connectivity index (χ4n) is 1.44.